The van der Waals surface area contributed by atoms with Crippen LogP contribution in [0.1, 0.15) is 43.7 Å². The van der Waals surface area contributed by atoms with Crippen molar-refractivity contribution in [2.75, 3.05) is 26.5 Å². The van der Waals surface area contributed by atoms with Crippen molar-refractivity contribution in [1.82, 2.24) is 4.90 Å². The molecule has 0 amide bonds. The molecule has 0 saturated carbocycles. The summed E-state index contributed by atoms with van der Waals surface area (Å²) in [6, 6.07) is 4.19. The van der Waals surface area contributed by atoms with Gasteiger partial charge in [-0.15, -0.1) is 0 Å². The predicted molar refractivity (Wildman–Crippen MR) is 90.4 cm³/mol. The van der Waals surface area contributed by atoms with E-state index in [2.05, 4.69) is 24.0 Å². The standard InChI is InChI=1S/C19H27NO4/c1-14-9-16-17(23-13-22-16)10-15(14)11-20-6-3-19(4-7-20)12-18(2,21)5-8-24-19/h9-10,21H,3-8,11-13H2,1-2H3. The van der Waals surface area contributed by atoms with Gasteiger partial charge in [-0.2, -0.15) is 0 Å². The lowest BCUT2D eigenvalue weighted by molar-refractivity contribution is -0.173. The highest BCUT2D eigenvalue weighted by Gasteiger charge is 2.44. The van der Waals surface area contributed by atoms with Gasteiger partial charge < -0.3 is 19.3 Å². The average molecular weight is 333 g/mol. The summed E-state index contributed by atoms with van der Waals surface area (Å²) in [5, 5.41) is 10.4. The number of hydrogen-bond acceptors (Lipinski definition) is 5. The van der Waals surface area contributed by atoms with Gasteiger partial charge in [0, 0.05) is 26.1 Å². The van der Waals surface area contributed by atoms with Gasteiger partial charge in [-0.25, -0.2) is 0 Å². The summed E-state index contributed by atoms with van der Waals surface area (Å²) in [6.07, 6.45) is 3.49. The molecule has 1 spiro atoms. The van der Waals surface area contributed by atoms with Gasteiger partial charge in [0.1, 0.15) is 0 Å². The number of benzene rings is 1. The molecule has 1 aromatic carbocycles. The number of hydrogen-bond donors (Lipinski definition) is 1. The molecule has 5 nitrogen and oxygen atoms in total. The minimum absolute atomic E-state index is 0.123. The molecule has 1 N–H and O–H groups in total. The molecule has 24 heavy (non-hydrogen) atoms. The molecule has 3 aliphatic heterocycles. The first kappa shape index (κ1) is 16.2. The Morgan fingerprint density at radius 3 is 2.54 bits per heavy atom. The van der Waals surface area contributed by atoms with Crippen molar-refractivity contribution in [2.24, 2.45) is 0 Å². The Hall–Kier alpha value is -1.30. The molecule has 3 heterocycles. The SMILES string of the molecule is Cc1cc2c(cc1CN1CCC3(CC1)CC(C)(O)CCO3)OCO2. The second kappa shape index (κ2) is 5.90. The number of fused-ring (bicyclic) bond motifs is 1. The number of aryl methyl sites for hydroxylation is 1. The van der Waals surface area contributed by atoms with E-state index >= 15 is 0 Å². The molecule has 2 fully saturated rings. The number of piperidine rings is 1. The van der Waals surface area contributed by atoms with Gasteiger partial charge in [-0.1, -0.05) is 0 Å². The molecule has 0 aromatic heterocycles. The molecule has 3 aliphatic rings. The Labute approximate surface area is 143 Å². The van der Waals surface area contributed by atoms with Crippen LogP contribution in [0.3, 0.4) is 0 Å². The fourth-order valence-corrected chi connectivity index (χ4v) is 4.26. The normalized spacial score (nSPS) is 29.1. The zero-order chi connectivity index (χ0) is 16.8. The summed E-state index contributed by atoms with van der Waals surface area (Å²) in [6.45, 7) is 8.00. The van der Waals surface area contributed by atoms with E-state index in [0.717, 1.165) is 56.8 Å². The lowest BCUT2D eigenvalue weighted by Crippen LogP contribution is -2.53. The van der Waals surface area contributed by atoms with Crippen LogP contribution >= 0.6 is 0 Å². The average Bonchev–Trinajstić information content (AvgIpc) is 2.96. The smallest absolute Gasteiger partial charge is 0.231 e. The molecule has 0 radical (unpaired) electrons. The number of ether oxygens (including phenoxy) is 3. The monoisotopic (exact) mass is 333 g/mol. The minimum Gasteiger partial charge on any atom is -0.454 e. The number of aliphatic hydroxyl groups is 1. The van der Waals surface area contributed by atoms with Crippen LogP contribution in [0.2, 0.25) is 0 Å². The Bertz CT molecular complexity index is 620. The van der Waals surface area contributed by atoms with E-state index in [1.165, 1.54) is 11.1 Å². The highest BCUT2D eigenvalue weighted by Crippen LogP contribution is 2.40. The van der Waals surface area contributed by atoms with Crippen molar-refractivity contribution in [3.05, 3.63) is 23.3 Å². The van der Waals surface area contributed by atoms with Crippen molar-refractivity contribution in [3.63, 3.8) is 0 Å². The van der Waals surface area contributed by atoms with E-state index in [4.69, 9.17) is 14.2 Å². The molecular weight excluding hydrogens is 306 g/mol. The quantitative estimate of drug-likeness (QED) is 0.902. The lowest BCUT2D eigenvalue weighted by Gasteiger charge is -2.48. The zero-order valence-corrected chi connectivity index (χ0v) is 14.6. The number of likely N-dealkylation sites (tertiary alicyclic amines) is 1. The molecule has 0 aliphatic carbocycles. The molecule has 2 saturated heterocycles. The van der Waals surface area contributed by atoms with E-state index in [1.807, 2.05) is 6.92 Å². The van der Waals surface area contributed by atoms with Crippen molar-refractivity contribution >= 4 is 0 Å². The van der Waals surface area contributed by atoms with Gasteiger partial charge in [0.2, 0.25) is 6.79 Å². The highest BCUT2D eigenvalue weighted by molar-refractivity contribution is 5.48. The van der Waals surface area contributed by atoms with Crippen LogP contribution in [-0.4, -0.2) is 47.7 Å². The van der Waals surface area contributed by atoms with E-state index < -0.39 is 5.60 Å². The van der Waals surface area contributed by atoms with Gasteiger partial charge in [-0.05, 0) is 56.4 Å². The molecule has 5 heteroatoms. The zero-order valence-electron chi connectivity index (χ0n) is 14.6. The summed E-state index contributed by atoms with van der Waals surface area (Å²) in [5.41, 5.74) is 1.85. The number of nitrogens with zero attached hydrogens (tertiary/aromatic N) is 1. The van der Waals surface area contributed by atoms with E-state index in [-0.39, 0.29) is 5.60 Å². The van der Waals surface area contributed by atoms with E-state index in [0.29, 0.717) is 13.4 Å². The second-order valence-corrected chi connectivity index (χ2v) is 7.86. The van der Waals surface area contributed by atoms with Crippen LogP contribution in [0.15, 0.2) is 12.1 Å². The largest absolute Gasteiger partial charge is 0.454 e. The van der Waals surface area contributed by atoms with Crippen LogP contribution in [-0.2, 0) is 11.3 Å². The maximum atomic E-state index is 10.4. The van der Waals surface area contributed by atoms with Crippen molar-refractivity contribution in [1.29, 1.82) is 0 Å². The molecular formula is C19H27NO4. The number of rotatable bonds is 2. The molecule has 1 aromatic rings. The highest BCUT2D eigenvalue weighted by atomic mass is 16.7. The van der Waals surface area contributed by atoms with Crippen molar-refractivity contribution < 1.29 is 19.3 Å². The second-order valence-electron chi connectivity index (χ2n) is 7.86. The summed E-state index contributed by atoms with van der Waals surface area (Å²) >= 11 is 0. The van der Waals surface area contributed by atoms with Gasteiger partial charge in [0.05, 0.1) is 17.8 Å². The van der Waals surface area contributed by atoms with Gasteiger partial charge in [0.15, 0.2) is 11.5 Å². The third-order valence-electron chi connectivity index (χ3n) is 5.74. The fourth-order valence-electron chi connectivity index (χ4n) is 4.26. The predicted octanol–water partition coefficient (Wildman–Crippen LogP) is 2.62. The molecule has 1 atom stereocenters. The fraction of sp³-hybridized carbons (Fsp3) is 0.684. The van der Waals surface area contributed by atoms with Gasteiger partial charge >= 0.3 is 0 Å². The first-order valence-corrected chi connectivity index (χ1v) is 8.93. The van der Waals surface area contributed by atoms with Crippen molar-refractivity contribution in [3.8, 4) is 11.5 Å². The van der Waals surface area contributed by atoms with Crippen LogP contribution in [0.4, 0.5) is 0 Å². The minimum atomic E-state index is -0.575. The van der Waals surface area contributed by atoms with Crippen LogP contribution in [0.25, 0.3) is 0 Å². The summed E-state index contributed by atoms with van der Waals surface area (Å²) in [4.78, 5) is 2.47. The third kappa shape index (κ3) is 3.13. The maximum Gasteiger partial charge on any atom is 0.231 e. The van der Waals surface area contributed by atoms with Crippen LogP contribution in [0, 0.1) is 6.92 Å². The van der Waals surface area contributed by atoms with E-state index in [9.17, 15) is 5.11 Å². The Morgan fingerprint density at radius 1 is 1.12 bits per heavy atom. The topological polar surface area (TPSA) is 51.2 Å². The lowest BCUT2D eigenvalue weighted by atomic mass is 9.78. The Morgan fingerprint density at radius 2 is 1.83 bits per heavy atom. The van der Waals surface area contributed by atoms with E-state index in [1.54, 1.807) is 0 Å². The van der Waals surface area contributed by atoms with Crippen LogP contribution < -0.4 is 9.47 Å². The van der Waals surface area contributed by atoms with Gasteiger partial charge in [-0.3, -0.25) is 4.90 Å². The van der Waals surface area contributed by atoms with Gasteiger partial charge in [0.25, 0.3) is 0 Å². The first-order valence-electron chi connectivity index (χ1n) is 8.93. The molecule has 132 valence electrons. The van der Waals surface area contributed by atoms with Crippen molar-refractivity contribution in [2.45, 2.75) is 57.3 Å². The first-order chi connectivity index (χ1) is 11.4. The maximum absolute atomic E-state index is 10.4. The molecule has 4 rings (SSSR count). The Balaban J connectivity index is 1.40. The summed E-state index contributed by atoms with van der Waals surface area (Å²) in [7, 11) is 0. The molecule has 1 unspecified atom stereocenters. The summed E-state index contributed by atoms with van der Waals surface area (Å²) in [5.74, 6) is 1.71. The van der Waals surface area contributed by atoms with Crippen LogP contribution in [0.5, 0.6) is 11.5 Å². The molecule has 0 bridgehead atoms. The third-order valence-corrected chi connectivity index (χ3v) is 5.74. The Kier molecular flexibility index (Phi) is 3.98. The summed E-state index contributed by atoms with van der Waals surface area (Å²) < 4.78 is 17.1.